The Morgan fingerprint density at radius 2 is 2.00 bits per heavy atom. The van der Waals surface area contributed by atoms with Crippen molar-refractivity contribution in [2.75, 3.05) is 7.05 Å². The molecular weight excluding hydrogens is 389 g/mol. The zero-order valence-corrected chi connectivity index (χ0v) is 15.8. The van der Waals surface area contributed by atoms with Crippen LogP contribution in [0, 0.1) is 12.7 Å². The number of sulfonamides is 1. The standard InChI is InChI=1S/C18H16FN3O5S/c1-11-5-3-4-6-13(11)17-21-16(27-22-17)10-26-18(23)14-9-12(7-8-15(14)19)28(24,25)20-2/h3-9,20H,10H2,1-2H3. The van der Waals surface area contributed by atoms with Crippen LogP contribution in [0.15, 0.2) is 51.9 Å². The maximum Gasteiger partial charge on any atom is 0.341 e. The highest BCUT2D eigenvalue weighted by Gasteiger charge is 2.20. The summed E-state index contributed by atoms with van der Waals surface area (Å²) in [6, 6.07) is 10.2. The smallest absolute Gasteiger partial charge is 0.341 e. The summed E-state index contributed by atoms with van der Waals surface area (Å²) in [6.07, 6.45) is 0. The Bertz CT molecular complexity index is 1130. The van der Waals surface area contributed by atoms with E-state index in [-0.39, 0.29) is 17.4 Å². The molecule has 0 fully saturated rings. The van der Waals surface area contributed by atoms with Gasteiger partial charge in [0.15, 0.2) is 6.61 Å². The molecule has 0 amide bonds. The van der Waals surface area contributed by atoms with E-state index in [9.17, 15) is 17.6 Å². The average molecular weight is 405 g/mol. The quantitative estimate of drug-likeness (QED) is 0.627. The van der Waals surface area contributed by atoms with Crippen LogP contribution < -0.4 is 4.72 Å². The minimum absolute atomic E-state index is 0.0195. The number of esters is 1. The minimum Gasteiger partial charge on any atom is -0.452 e. The van der Waals surface area contributed by atoms with E-state index in [1.165, 1.54) is 7.05 Å². The molecule has 0 saturated heterocycles. The van der Waals surface area contributed by atoms with Crippen molar-refractivity contribution in [1.82, 2.24) is 14.9 Å². The highest BCUT2D eigenvalue weighted by molar-refractivity contribution is 7.89. The fourth-order valence-electron chi connectivity index (χ4n) is 2.40. The van der Waals surface area contributed by atoms with Gasteiger partial charge >= 0.3 is 5.97 Å². The number of rotatable bonds is 6. The Balaban J connectivity index is 1.75. The predicted octanol–water partition coefficient (Wildman–Crippen LogP) is 2.45. The average Bonchev–Trinajstić information content (AvgIpc) is 3.15. The van der Waals surface area contributed by atoms with Crippen molar-refractivity contribution in [1.29, 1.82) is 0 Å². The number of aryl methyl sites for hydroxylation is 1. The highest BCUT2D eigenvalue weighted by atomic mass is 32.2. The molecule has 0 unspecified atom stereocenters. The maximum absolute atomic E-state index is 13.9. The SMILES string of the molecule is CNS(=O)(=O)c1ccc(F)c(C(=O)OCc2nc(-c3ccccc3C)no2)c1. The van der Waals surface area contributed by atoms with Gasteiger partial charge in [0, 0.05) is 5.56 Å². The number of halogens is 1. The molecule has 2 aromatic carbocycles. The largest absolute Gasteiger partial charge is 0.452 e. The summed E-state index contributed by atoms with van der Waals surface area (Å²) in [6.45, 7) is 1.50. The number of nitrogens with zero attached hydrogens (tertiary/aromatic N) is 2. The Hall–Kier alpha value is -3.11. The van der Waals surface area contributed by atoms with E-state index < -0.39 is 27.4 Å². The molecule has 0 atom stereocenters. The molecule has 10 heteroatoms. The van der Waals surface area contributed by atoms with Gasteiger partial charge in [0.05, 0.1) is 10.5 Å². The number of aromatic nitrogens is 2. The van der Waals surface area contributed by atoms with Crippen LogP contribution >= 0.6 is 0 Å². The van der Waals surface area contributed by atoms with Crippen LogP contribution in [0.25, 0.3) is 11.4 Å². The lowest BCUT2D eigenvalue weighted by Gasteiger charge is -2.07. The minimum atomic E-state index is -3.83. The zero-order valence-electron chi connectivity index (χ0n) is 15.0. The van der Waals surface area contributed by atoms with Crippen molar-refractivity contribution in [3.8, 4) is 11.4 Å². The van der Waals surface area contributed by atoms with Gasteiger partial charge in [-0.1, -0.05) is 29.4 Å². The van der Waals surface area contributed by atoms with Gasteiger partial charge in [0.25, 0.3) is 5.89 Å². The van der Waals surface area contributed by atoms with Crippen LogP contribution in [-0.4, -0.2) is 31.6 Å². The summed E-state index contributed by atoms with van der Waals surface area (Å²) in [5.74, 6) is -1.61. The lowest BCUT2D eigenvalue weighted by atomic mass is 10.1. The lowest BCUT2D eigenvalue weighted by molar-refractivity contribution is 0.0424. The molecule has 1 N–H and O–H groups in total. The number of benzene rings is 2. The number of hydrogen-bond donors (Lipinski definition) is 1. The van der Waals surface area contributed by atoms with Crippen molar-refractivity contribution >= 4 is 16.0 Å². The molecule has 3 rings (SSSR count). The molecule has 146 valence electrons. The highest BCUT2D eigenvalue weighted by Crippen LogP contribution is 2.20. The monoisotopic (exact) mass is 405 g/mol. The molecule has 0 bridgehead atoms. The van der Waals surface area contributed by atoms with E-state index in [4.69, 9.17) is 9.26 Å². The van der Waals surface area contributed by atoms with Gasteiger partial charge in [-0.3, -0.25) is 0 Å². The van der Waals surface area contributed by atoms with Gasteiger partial charge in [-0.25, -0.2) is 22.3 Å². The molecule has 1 aromatic heterocycles. The van der Waals surface area contributed by atoms with Gasteiger partial charge in [-0.15, -0.1) is 0 Å². The number of carbonyl (C=O) groups excluding carboxylic acids is 1. The number of ether oxygens (including phenoxy) is 1. The second-order valence-electron chi connectivity index (χ2n) is 5.75. The van der Waals surface area contributed by atoms with Crippen LogP contribution in [0.2, 0.25) is 0 Å². The van der Waals surface area contributed by atoms with E-state index in [1.807, 2.05) is 31.2 Å². The van der Waals surface area contributed by atoms with Crippen LogP contribution in [-0.2, 0) is 21.4 Å². The van der Waals surface area contributed by atoms with Crippen LogP contribution in [0.5, 0.6) is 0 Å². The molecule has 1 heterocycles. The second-order valence-corrected chi connectivity index (χ2v) is 7.64. The molecule has 0 spiro atoms. The van der Waals surface area contributed by atoms with Gasteiger partial charge in [0.1, 0.15) is 5.82 Å². The van der Waals surface area contributed by atoms with Crippen molar-refractivity contribution in [3.63, 3.8) is 0 Å². The summed E-state index contributed by atoms with van der Waals surface area (Å²) in [7, 11) is -2.63. The molecule has 0 aliphatic heterocycles. The zero-order chi connectivity index (χ0) is 20.3. The fourth-order valence-corrected chi connectivity index (χ4v) is 3.15. The van der Waals surface area contributed by atoms with Gasteiger partial charge in [-0.05, 0) is 37.7 Å². The summed E-state index contributed by atoms with van der Waals surface area (Å²) >= 11 is 0. The van der Waals surface area contributed by atoms with Crippen LogP contribution in [0.4, 0.5) is 4.39 Å². The van der Waals surface area contributed by atoms with Crippen molar-refractivity contribution in [2.24, 2.45) is 0 Å². The van der Waals surface area contributed by atoms with E-state index in [0.717, 1.165) is 29.3 Å². The Labute approximate surface area is 160 Å². The molecule has 0 aliphatic rings. The van der Waals surface area contributed by atoms with E-state index in [2.05, 4.69) is 14.9 Å². The maximum atomic E-state index is 13.9. The molecule has 0 aliphatic carbocycles. The topological polar surface area (TPSA) is 111 Å². The molecular formula is C18H16FN3O5S. The Kier molecular flexibility index (Phi) is 5.52. The van der Waals surface area contributed by atoms with Gasteiger partial charge in [0.2, 0.25) is 15.8 Å². The molecule has 28 heavy (non-hydrogen) atoms. The van der Waals surface area contributed by atoms with Crippen LogP contribution in [0.3, 0.4) is 0 Å². The van der Waals surface area contributed by atoms with Crippen LogP contribution in [0.1, 0.15) is 21.8 Å². The van der Waals surface area contributed by atoms with Crippen molar-refractivity contribution < 1.29 is 26.9 Å². The fraction of sp³-hybridized carbons (Fsp3) is 0.167. The first-order chi connectivity index (χ1) is 13.3. The normalized spacial score (nSPS) is 11.4. The third-order valence-corrected chi connectivity index (χ3v) is 5.33. The van der Waals surface area contributed by atoms with Gasteiger partial charge in [-0.2, -0.15) is 4.98 Å². The molecule has 0 radical (unpaired) electrons. The van der Waals surface area contributed by atoms with Crippen molar-refractivity contribution in [3.05, 3.63) is 65.3 Å². The first kappa shape index (κ1) is 19.6. The first-order valence-corrected chi connectivity index (χ1v) is 9.59. The predicted molar refractivity (Wildman–Crippen MR) is 96.2 cm³/mol. The summed E-state index contributed by atoms with van der Waals surface area (Å²) in [5, 5.41) is 3.83. The summed E-state index contributed by atoms with van der Waals surface area (Å²) in [4.78, 5) is 16.1. The number of carbonyl (C=O) groups is 1. The Morgan fingerprint density at radius 3 is 2.71 bits per heavy atom. The van der Waals surface area contributed by atoms with Gasteiger partial charge < -0.3 is 9.26 Å². The third kappa shape index (κ3) is 4.07. The first-order valence-electron chi connectivity index (χ1n) is 8.10. The van der Waals surface area contributed by atoms with Crippen molar-refractivity contribution in [2.45, 2.75) is 18.4 Å². The van der Waals surface area contributed by atoms with E-state index in [1.54, 1.807) is 0 Å². The van der Waals surface area contributed by atoms with E-state index in [0.29, 0.717) is 5.82 Å². The molecule has 3 aromatic rings. The lowest BCUT2D eigenvalue weighted by Crippen LogP contribution is -2.19. The third-order valence-electron chi connectivity index (χ3n) is 3.92. The number of nitrogens with one attached hydrogen (secondary N) is 1. The molecule has 8 nitrogen and oxygen atoms in total. The Morgan fingerprint density at radius 1 is 1.25 bits per heavy atom. The molecule has 0 saturated carbocycles. The second kappa shape index (κ2) is 7.87. The number of hydrogen-bond acceptors (Lipinski definition) is 7. The van der Waals surface area contributed by atoms with E-state index >= 15 is 0 Å². The summed E-state index contributed by atoms with van der Waals surface area (Å²) in [5.41, 5.74) is 1.19. The summed E-state index contributed by atoms with van der Waals surface area (Å²) < 4.78 is 49.7.